The first-order chi connectivity index (χ1) is 9.06. The van der Waals surface area contributed by atoms with Crippen molar-refractivity contribution in [2.45, 2.75) is 19.9 Å². The Kier molecular flexibility index (Phi) is 3.85. The number of carboxylic acids is 1. The third kappa shape index (κ3) is 3.35. The molecule has 0 aliphatic rings. The van der Waals surface area contributed by atoms with Gasteiger partial charge in [-0.05, 0) is 42.7 Å². The third-order valence-electron chi connectivity index (χ3n) is 2.91. The maximum Gasteiger partial charge on any atom is 0.330 e. The number of carbonyl (C=O) groups is 1. The number of rotatable bonds is 4. The molecule has 98 valence electrons. The van der Waals surface area contributed by atoms with Crippen molar-refractivity contribution in [1.29, 1.82) is 0 Å². The van der Waals surface area contributed by atoms with Gasteiger partial charge in [0.2, 0.25) is 0 Å². The molecule has 1 unspecified atom stereocenters. The van der Waals surface area contributed by atoms with Crippen LogP contribution in [0.2, 0.25) is 0 Å². The predicted molar refractivity (Wildman–Crippen MR) is 76.4 cm³/mol. The summed E-state index contributed by atoms with van der Waals surface area (Å²) in [6.45, 7) is 3.99. The molecule has 0 fully saturated rings. The van der Waals surface area contributed by atoms with E-state index in [4.69, 9.17) is 0 Å². The minimum atomic E-state index is -0.884. The molecule has 0 bridgehead atoms. The van der Waals surface area contributed by atoms with Gasteiger partial charge in [0.05, 0.1) is 0 Å². The van der Waals surface area contributed by atoms with Crippen LogP contribution in [0.1, 0.15) is 22.7 Å². The summed E-state index contributed by atoms with van der Waals surface area (Å²) in [4.78, 5) is 11.4. The molecular formula is C16H17NO2. The van der Waals surface area contributed by atoms with Crippen LogP contribution in [0.5, 0.6) is 0 Å². The Bertz CT molecular complexity index is 558. The Morgan fingerprint density at radius 2 is 1.63 bits per heavy atom. The Morgan fingerprint density at radius 1 is 1.05 bits per heavy atom. The molecule has 2 aromatic rings. The van der Waals surface area contributed by atoms with Crippen LogP contribution in [0.25, 0.3) is 0 Å². The molecule has 2 rings (SSSR count). The quantitative estimate of drug-likeness (QED) is 0.878. The zero-order chi connectivity index (χ0) is 13.8. The van der Waals surface area contributed by atoms with Gasteiger partial charge in [0.1, 0.15) is 0 Å². The Hall–Kier alpha value is -2.29. The molecule has 2 aromatic carbocycles. The molecule has 3 nitrogen and oxygen atoms in total. The smallest absolute Gasteiger partial charge is 0.330 e. The fraction of sp³-hybridized carbons (Fsp3) is 0.188. The van der Waals surface area contributed by atoms with E-state index in [2.05, 4.69) is 11.4 Å². The van der Waals surface area contributed by atoms with Gasteiger partial charge in [-0.1, -0.05) is 36.4 Å². The second-order valence-electron chi connectivity index (χ2n) is 4.70. The van der Waals surface area contributed by atoms with Crippen molar-refractivity contribution in [3.8, 4) is 0 Å². The molecule has 2 N–H and O–H groups in total. The monoisotopic (exact) mass is 255 g/mol. The van der Waals surface area contributed by atoms with E-state index in [0.717, 1.165) is 22.4 Å². The van der Waals surface area contributed by atoms with Crippen LogP contribution in [0.4, 0.5) is 5.69 Å². The lowest BCUT2D eigenvalue weighted by atomic mass is 10.1. The van der Waals surface area contributed by atoms with Crippen molar-refractivity contribution in [2.75, 3.05) is 5.32 Å². The lowest BCUT2D eigenvalue weighted by Crippen LogP contribution is -2.20. The van der Waals surface area contributed by atoms with Crippen molar-refractivity contribution in [3.05, 3.63) is 65.2 Å². The summed E-state index contributed by atoms with van der Waals surface area (Å²) in [5, 5.41) is 12.4. The van der Waals surface area contributed by atoms with E-state index in [9.17, 15) is 9.90 Å². The normalized spacial score (nSPS) is 11.9. The van der Waals surface area contributed by atoms with Gasteiger partial charge in [-0.2, -0.15) is 0 Å². The first-order valence-corrected chi connectivity index (χ1v) is 6.19. The lowest BCUT2D eigenvalue weighted by Gasteiger charge is -2.17. The molecule has 0 radical (unpaired) electrons. The summed E-state index contributed by atoms with van der Waals surface area (Å²) in [6.07, 6.45) is 0. The van der Waals surface area contributed by atoms with E-state index >= 15 is 0 Å². The standard InChI is InChI=1S/C16H17NO2/c1-11-8-12(2)10-14(9-11)17-15(16(18)19)13-6-4-3-5-7-13/h3-10,15,17H,1-2H3,(H,18,19). The number of aliphatic carboxylic acids is 1. The highest BCUT2D eigenvalue weighted by Crippen LogP contribution is 2.21. The summed E-state index contributed by atoms with van der Waals surface area (Å²) < 4.78 is 0. The second-order valence-corrected chi connectivity index (χ2v) is 4.70. The van der Waals surface area contributed by atoms with Crippen molar-refractivity contribution >= 4 is 11.7 Å². The molecule has 0 aromatic heterocycles. The zero-order valence-corrected chi connectivity index (χ0v) is 11.1. The summed E-state index contributed by atoms with van der Waals surface area (Å²) >= 11 is 0. The van der Waals surface area contributed by atoms with Crippen LogP contribution in [0.3, 0.4) is 0 Å². The van der Waals surface area contributed by atoms with Gasteiger partial charge < -0.3 is 10.4 Å². The van der Waals surface area contributed by atoms with E-state index in [0.29, 0.717) is 0 Å². The van der Waals surface area contributed by atoms with Crippen LogP contribution in [-0.4, -0.2) is 11.1 Å². The van der Waals surface area contributed by atoms with Gasteiger partial charge in [0.25, 0.3) is 0 Å². The maximum atomic E-state index is 11.4. The van der Waals surface area contributed by atoms with Crippen LogP contribution in [0, 0.1) is 13.8 Å². The average molecular weight is 255 g/mol. The summed E-state index contributed by atoms with van der Waals surface area (Å²) in [5.41, 5.74) is 3.79. The topological polar surface area (TPSA) is 49.3 Å². The lowest BCUT2D eigenvalue weighted by molar-refractivity contribution is -0.138. The fourth-order valence-electron chi connectivity index (χ4n) is 2.16. The third-order valence-corrected chi connectivity index (χ3v) is 2.91. The van der Waals surface area contributed by atoms with Gasteiger partial charge in [-0.15, -0.1) is 0 Å². The number of hydrogen-bond donors (Lipinski definition) is 2. The molecule has 0 saturated heterocycles. The molecule has 0 heterocycles. The molecule has 19 heavy (non-hydrogen) atoms. The van der Waals surface area contributed by atoms with Crippen LogP contribution in [-0.2, 0) is 4.79 Å². The van der Waals surface area contributed by atoms with Crippen LogP contribution < -0.4 is 5.32 Å². The fourth-order valence-corrected chi connectivity index (χ4v) is 2.16. The summed E-state index contributed by atoms with van der Waals surface area (Å²) in [5.74, 6) is -0.884. The van der Waals surface area contributed by atoms with Crippen molar-refractivity contribution in [1.82, 2.24) is 0 Å². The predicted octanol–water partition coefficient (Wildman–Crippen LogP) is 3.54. The number of anilines is 1. The van der Waals surface area contributed by atoms with E-state index in [1.54, 1.807) is 0 Å². The molecule has 0 saturated carbocycles. The highest BCUT2D eigenvalue weighted by atomic mass is 16.4. The molecule has 0 amide bonds. The van der Waals surface area contributed by atoms with Crippen LogP contribution in [0.15, 0.2) is 48.5 Å². The molecular weight excluding hydrogens is 238 g/mol. The average Bonchev–Trinajstić information content (AvgIpc) is 2.35. The van der Waals surface area contributed by atoms with E-state index in [-0.39, 0.29) is 0 Å². The van der Waals surface area contributed by atoms with Gasteiger partial charge in [0.15, 0.2) is 6.04 Å². The maximum absolute atomic E-state index is 11.4. The van der Waals surface area contributed by atoms with E-state index < -0.39 is 12.0 Å². The summed E-state index contributed by atoms with van der Waals surface area (Å²) in [7, 11) is 0. The van der Waals surface area contributed by atoms with Crippen molar-refractivity contribution in [2.24, 2.45) is 0 Å². The number of aryl methyl sites for hydroxylation is 2. The first-order valence-electron chi connectivity index (χ1n) is 6.19. The molecule has 1 atom stereocenters. The van der Waals surface area contributed by atoms with Gasteiger partial charge >= 0.3 is 5.97 Å². The highest BCUT2D eigenvalue weighted by molar-refractivity contribution is 5.79. The molecule has 0 aliphatic heterocycles. The molecule has 0 spiro atoms. The minimum Gasteiger partial charge on any atom is -0.479 e. The Morgan fingerprint density at radius 3 is 2.16 bits per heavy atom. The second kappa shape index (κ2) is 5.57. The van der Waals surface area contributed by atoms with E-state index in [1.807, 2.05) is 56.3 Å². The zero-order valence-electron chi connectivity index (χ0n) is 11.1. The molecule has 3 heteroatoms. The largest absolute Gasteiger partial charge is 0.479 e. The number of benzene rings is 2. The molecule has 0 aliphatic carbocycles. The van der Waals surface area contributed by atoms with Crippen molar-refractivity contribution in [3.63, 3.8) is 0 Å². The Labute approximate surface area is 112 Å². The van der Waals surface area contributed by atoms with E-state index in [1.165, 1.54) is 0 Å². The van der Waals surface area contributed by atoms with Gasteiger partial charge in [-0.25, -0.2) is 4.79 Å². The van der Waals surface area contributed by atoms with Crippen molar-refractivity contribution < 1.29 is 9.90 Å². The van der Waals surface area contributed by atoms with Gasteiger partial charge in [-0.3, -0.25) is 0 Å². The minimum absolute atomic E-state index is 0.734. The van der Waals surface area contributed by atoms with Gasteiger partial charge in [0, 0.05) is 5.69 Å². The van der Waals surface area contributed by atoms with Crippen LogP contribution >= 0.6 is 0 Å². The Balaban J connectivity index is 2.29. The SMILES string of the molecule is Cc1cc(C)cc(NC(C(=O)O)c2ccccc2)c1. The number of nitrogens with one attached hydrogen (secondary N) is 1. The first kappa shape index (κ1) is 13.1. The number of hydrogen-bond acceptors (Lipinski definition) is 2. The highest BCUT2D eigenvalue weighted by Gasteiger charge is 2.19. The number of carboxylic acid groups (broad SMARTS) is 1. The summed E-state index contributed by atoms with van der Waals surface area (Å²) in [6, 6.07) is 14.4.